The first-order valence-corrected chi connectivity index (χ1v) is 31.5. The number of nitrogens with zero attached hydrogens (tertiary/aromatic N) is 6. The number of ether oxygens (including phenoxy) is 1. The molecule has 4 aliphatic heterocycles. The van der Waals surface area contributed by atoms with Crippen molar-refractivity contribution >= 4 is 132 Å². The molecule has 0 aliphatic carbocycles. The van der Waals surface area contributed by atoms with Gasteiger partial charge in [0, 0.05) is 97.7 Å². The number of pyridine rings is 1. The van der Waals surface area contributed by atoms with Crippen molar-refractivity contribution in [2.75, 3.05) is 24.5 Å². The smallest absolute Gasteiger partial charge is 0.256 e. The van der Waals surface area contributed by atoms with Crippen LogP contribution in [0.1, 0.15) is 0 Å². The van der Waals surface area contributed by atoms with Crippen LogP contribution >= 0.6 is 0 Å². The van der Waals surface area contributed by atoms with Crippen LogP contribution in [-0.2, 0) is 0 Å². The van der Waals surface area contributed by atoms with Crippen molar-refractivity contribution in [2.24, 2.45) is 0 Å². The highest BCUT2D eigenvalue weighted by Gasteiger charge is 2.49. The minimum Gasteiger partial charge on any atom is -0.458 e. The Morgan fingerprint density at radius 3 is 1.24 bits per heavy atom. The van der Waals surface area contributed by atoms with E-state index >= 15 is 0 Å². The van der Waals surface area contributed by atoms with Crippen molar-refractivity contribution in [3.8, 4) is 33.9 Å². The number of fused-ring (bicyclic) bond motifs is 8. The second-order valence-corrected chi connectivity index (χ2v) is 23.8. The van der Waals surface area contributed by atoms with E-state index in [-0.39, 0.29) is 13.4 Å². The van der Waals surface area contributed by atoms with Gasteiger partial charge in [-0.1, -0.05) is 206 Å². The molecule has 13 aromatic carbocycles. The monoisotopic (exact) mass is 1170 g/mol. The molecule has 0 saturated heterocycles. The third-order valence-corrected chi connectivity index (χ3v) is 18.6. The van der Waals surface area contributed by atoms with Crippen LogP contribution < -0.4 is 62.0 Å². The highest BCUT2D eigenvalue weighted by Crippen LogP contribution is 2.54. The van der Waals surface area contributed by atoms with E-state index in [1.807, 2.05) is 12.3 Å². The standard InChI is InChI=1S/C83H56B2N6O/c1-8-29-57(30-9-1)66-43-28-44-67(72-47-26-27-50-86-72)83(66)91-75-56-79-71(85-69-46-23-25-49-74(69)90(63-41-20-7-21-42-63)78-53-65(54-80(92-79)82(78)85)88(60-35-14-4-15-36-60)61-37-16-5-17-38-61)55-70(75)84-68-45-22-24-48-73(68)89(62-39-18-6-19-40-62)76-51-64(52-77(91)81(76)84)87(58-31-10-2-11-32-58)59-33-12-3-13-34-59/h1-56H. The van der Waals surface area contributed by atoms with Gasteiger partial charge in [-0.05, 0) is 154 Å². The van der Waals surface area contributed by atoms with Crippen LogP contribution in [0.3, 0.4) is 0 Å². The number of hydrogen-bond donors (Lipinski definition) is 0. The highest BCUT2D eigenvalue weighted by atomic mass is 16.5. The molecule has 14 aromatic rings. The average molecular weight is 1180 g/mol. The zero-order chi connectivity index (χ0) is 60.6. The fourth-order valence-corrected chi connectivity index (χ4v) is 14.9. The van der Waals surface area contributed by atoms with Crippen molar-refractivity contribution in [3.63, 3.8) is 0 Å². The summed E-state index contributed by atoms with van der Waals surface area (Å²) < 4.78 is 7.87. The van der Waals surface area contributed by atoms with Gasteiger partial charge < -0.3 is 29.2 Å². The minimum absolute atomic E-state index is 0.219. The summed E-state index contributed by atoms with van der Waals surface area (Å²) >= 11 is 0. The molecule has 7 nitrogen and oxygen atoms in total. The fourth-order valence-electron chi connectivity index (χ4n) is 14.9. The molecule has 9 heteroatoms. The van der Waals surface area contributed by atoms with E-state index in [2.05, 4.69) is 352 Å². The summed E-state index contributed by atoms with van der Waals surface area (Å²) in [5.74, 6) is 1.60. The van der Waals surface area contributed by atoms with Crippen LogP contribution in [0.25, 0.3) is 22.4 Å². The molecule has 0 N–H and O–H groups in total. The van der Waals surface area contributed by atoms with Crippen molar-refractivity contribution in [1.29, 1.82) is 0 Å². The summed E-state index contributed by atoms with van der Waals surface area (Å²) in [7, 11) is 0. The van der Waals surface area contributed by atoms with Crippen molar-refractivity contribution in [3.05, 3.63) is 340 Å². The second kappa shape index (κ2) is 21.9. The normalized spacial score (nSPS) is 12.8. The van der Waals surface area contributed by atoms with Crippen molar-refractivity contribution < 1.29 is 4.74 Å². The summed E-state index contributed by atoms with van der Waals surface area (Å²) in [5.41, 5.74) is 26.8. The Bertz CT molecular complexity index is 4970. The first kappa shape index (κ1) is 53.0. The van der Waals surface area contributed by atoms with Gasteiger partial charge in [-0.15, -0.1) is 0 Å². The predicted molar refractivity (Wildman–Crippen MR) is 384 cm³/mol. The molecular weight excluding hydrogens is 1120 g/mol. The summed E-state index contributed by atoms with van der Waals surface area (Å²) in [5, 5.41) is 0. The summed E-state index contributed by atoms with van der Waals surface area (Å²) in [6.07, 6.45) is 1.91. The molecule has 0 saturated carbocycles. The highest BCUT2D eigenvalue weighted by molar-refractivity contribution is 7.02. The van der Waals surface area contributed by atoms with Gasteiger partial charge in [0.2, 0.25) is 0 Å². The van der Waals surface area contributed by atoms with E-state index in [0.717, 1.165) is 130 Å². The van der Waals surface area contributed by atoms with E-state index in [1.165, 1.54) is 21.9 Å². The van der Waals surface area contributed by atoms with Gasteiger partial charge in [-0.2, -0.15) is 0 Å². The molecular formula is C83H56B2N6O. The van der Waals surface area contributed by atoms with Crippen LogP contribution in [-0.4, -0.2) is 18.4 Å². The molecule has 92 heavy (non-hydrogen) atoms. The number of benzene rings is 13. The number of aromatic nitrogens is 1. The molecule has 0 amide bonds. The van der Waals surface area contributed by atoms with Crippen LogP contribution in [0, 0.1) is 0 Å². The number of para-hydroxylation sites is 9. The molecule has 0 fully saturated rings. The van der Waals surface area contributed by atoms with E-state index in [0.29, 0.717) is 0 Å². The van der Waals surface area contributed by atoms with Gasteiger partial charge in [0.05, 0.1) is 22.8 Å². The molecule has 18 rings (SSSR count). The average Bonchev–Trinajstić information content (AvgIpc) is 0.690. The molecule has 1 aromatic heterocycles. The van der Waals surface area contributed by atoms with E-state index in [9.17, 15) is 0 Å². The van der Waals surface area contributed by atoms with Gasteiger partial charge in [0.1, 0.15) is 11.5 Å². The summed E-state index contributed by atoms with van der Waals surface area (Å²) in [6, 6.07) is 121. The maximum atomic E-state index is 7.87. The lowest BCUT2D eigenvalue weighted by Crippen LogP contribution is -2.64. The Labute approximate surface area is 536 Å². The molecule has 0 spiro atoms. The Morgan fingerprint density at radius 2 is 0.717 bits per heavy atom. The van der Waals surface area contributed by atoms with E-state index in [4.69, 9.17) is 9.72 Å². The Balaban J connectivity index is 0.971. The molecule has 0 atom stereocenters. The van der Waals surface area contributed by atoms with Gasteiger partial charge in [0.15, 0.2) is 0 Å². The molecule has 5 heterocycles. The quantitative estimate of drug-likeness (QED) is 0.120. The number of hydrogen-bond acceptors (Lipinski definition) is 7. The molecule has 430 valence electrons. The maximum absolute atomic E-state index is 7.87. The van der Waals surface area contributed by atoms with E-state index in [1.54, 1.807) is 0 Å². The van der Waals surface area contributed by atoms with Crippen LogP contribution in [0.2, 0.25) is 0 Å². The first-order valence-electron chi connectivity index (χ1n) is 31.5. The molecule has 4 aliphatic rings. The Morgan fingerprint density at radius 1 is 0.283 bits per heavy atom. The van der Waals surface area contributed by atoms with E-state index < -0.39 is 0 Å². The molecule has 0 radical (unpaired) electrons. The predicted octanol–water partition coefficient (Wildman–Crippen LogP) is 17.8. The number of rotatable bonds is 11. The Hall–Kier alpha value is -12.1. The lowest BCUT2D eigenvalue weighted by Gasteiger charge is -2.46. The van der Waals surface area contributed by atoms with Crippen molar-refractivity contribution in [2.45, 2.75) is 0 Å². The third kappa shape index (κ3) is 8.58. The SMILES string of the molecule is c1ccc(-c2cccc(-c3ccccn3)c2N2c3cc4c(cc3B3c5ccccc5N(c5ccccc5)c5cc(N(c6ccccc6)c6ccccc6)cc2c53)B2c3ccccc3N(c3ccccc3)c3cc(N(c5ccccc5)c5ccccc5)cc(c32)O4)cc1. The second-order valence-electron chi connectivity index (χ2n) is 23.8. The van der Waals surface area contributed by atoms with Crippen LogP contribution in [0.5, 0.6) is 11.5 Å². The number of anilines is 15. The topological polar surface area (TPSA) is 38.3 Å². The maximum Gasteiger partial charge on any atom is 0.256 e. The minimum atomic E-state index is -0.237. The lowest BCUT2D eigenvalue weighted by molar-refractivity contribution is 0.488. The molecule has 0 bridgehead atoms. The summed E-state index contributed by atoms with van der Waals surface area (Å²) in [4.78, 5) is 17.5. The summed E-state index contributed by atoms with van der Waals surface area (Å²) in [6.45, 7) is -0.456. The largest absolute Gasteiger partial charge is 0.458 e. The van der Waals surface area contributed by atoms with Crippen LogP contribution in [0.15, 0.2) is 340 Å². The zero-order valence-electron chi connectivity index (χ0n) is 50.1. The lowest BCUT2D eigenvalue weighted by atomic mass is 9.30. The van der Waals surface area contributed by atoms with Gasteiger partial charge in [-0.25, -0.2) is 0 Å². The van der Waals surface area contributed by atoms with Gasteiger partial charge in [0.25, 0.3) is 13.4 Å². The first-order chi connectivity index (χ1) is 45.7. The third-order valence-electron chi connectivity index (χ3n) is 18.6. The van der Waals surface area contributed by atoms with Gasteiger partial charge in [-0.3, -0.25) is 4.98 Å². The fraction of sp³-hybridized carbons (Fsp3) is 0. The molecule has 0 unspecified atom stereocenters. The van der Waals surface area contributed by atoms with Crippen LogP contribution in [0.4, 0.5) is 85.3 Å². The van der Waals surface area contributed by atoms with Crippen molar-refractivity contribution in [1.82, 2.24) is 4.98 Å². The van der Waals surface area contributed by atoms with Gasteiger partial charge >= 0.3 is 0 Å². The zero-order valence-corrected chi connectivity index (χ0v) is 50.1. The Kier molecular flexibility index (Phi) is 12.6.